The first kappa shape index (κ1) is 17.3. The van der Waals surface area contributed by atoms with Crippen molar-refractivity contribution in [3.8, 4) is 17.2 Å². The van der Waals surface area contributed by atoms with Gasteiger partial charge in [0.2, 0.25) is 0 Å². The third kappa shape index (κ3) is 4.05. The van der Waals surface area contributed by atoms with E-state index in [0.717, 1.165) is 15.6 Å². The Morgan fingerprint density at radius 3 is 2.35 bits per heavy atom. The van der Waals surface area contributed by atoms with Crippen molar-refractivity contribution >= 4 is 21.7 Å². The third-order valence-electron chi connectivity index (χ3n) is 3.47. The molecule has 4 nitrogen and oxygen atoms in total. The molecule has 0 unspecified atom stereocenters. The Morgan fingerprint density at radius 1 is 1.04 bits per heavy atom. The molecule has 0 bridgehead atoms. The maximum atomic E-state index is 11.6. The zero-order valence-electron chi connectivity index (χ0n) is 13.6. The van der Waals surface area contributed by atoms with Crippen molar-refractivity contribution in [3.05, 3.63) is 51.5 Å². The van der Waals surface area contributed by atoms with Gasteiger partial charge < -0.3 is 14.2 Å². The Kier molecular flexibility index (Phi) is 5.66. The molecule has 0 N–H and O–H groups in total. The van der Waals surface area contributed by atoms with Crippen LogP contribution >= 0.6 is 15.9 Å². The van der Waals surface area contributed by atoms with Crippen LogP contribution in [-0.4, -0.2) is 20.0 Å². The van der Waals surface area contributed by atoms with Gasteiger partial charge in [-0.25, -0.2) is 0 Å². The second-order valence-corrected chi connectivity index (χ2v) is 5.93. The van der Waals surface area contributed by atoms with E-state index in [0.29, 0.717) is 29.4 Å². The molecule has 0 aliphatic rings. The predicted molar refractivity (Wildman–Crippen MR) is 92.8 cm³/mol. The molecule has 0 fully saturated rings. The highest BCUT2D eigenvalue weighted by molar-refractivity contribution is 9.10. The number of carbonyl (C=O) groups excluding carboxylic acids is 1. The van der Waals surface area contributed by atoms with Gasteiger partial charge in [-0.1, -0.05) is 6.07 Å². The summed E-state index contributed by atoms with van der Waals surface area (Å²) in [6, 6.07) is 9.21. The van der Waals surface area contributed by atoms with Crippen molar-refractivity contribution in [2.24, 2.45) is 0 Å². The monoisotopic (exact) mass is 378 g/mol. The van der Waals surface area contributed by atoms with Crippen LogP contribution in [0.15, 0.2) is 34.8 Å². The number of ketones is 1. The molecule has 0 spiro atoms. The summed E-state index contributed by atoms with van der Waals surface area (Å²) >= 11 is 3.51. The minimum absolute atomic E-state index is 0.0107. The van der Waals surface area contributed by atoms with E-state index in [4.69, 9.17) is 14.2 Å². The second-order valence-electron chi connectivity index (χ2n) is 5.14. The van der Waals surface area contributed by atoms with Gasteiger partial charge in [-0.2, -0.15) is 0 Å². The number of Topliss-reactive ketones (excluding diaryl/α,β-unsaturated/α-hetero) is 1. The molecular weight excluding hydrogens is 360 g/mol. The van der Waals surface area contributed by atoms with E-state index >= 15 is 0 Å². The van der Waals surface area contributed by atoms with Gasteiger partial charge in [0, 0.05) is 5.56 Å². The summed E-state index contributed by atoms with van der Waals surface area (Å²) in [5.41, 5.74) is 2.54. The van der Waals surface area contributed by atoms with Gasteiger partial charge in [0.15, 0.2) is 17.3 Å². The van der Waals surface area contributed by atoms with Crippen molar-refractivity contribution in [1.29, 1.82) is 0 Å². The first-order valence-electron chi connectivity index (χ1n) is 7.11. The molecule has 2 aromatic rings. The molecule has 2 rings (SSSR count). The topological polar surface area (TPSA) is 44.8 Å². The average molecular weight is 379 g/mol. The lowest BCUT2D eigenvalue weighted by atomic mass is 10.1. The molecule has 0 saturated heterocycles. The number of halogens is 1. The lowest BCUT2D eigenvalue weighted by Gasteiger charge is -2.13. The van der Waals surface area contributed by atoms with Crippen LogP contribution in [0.5, 0.6) is 17.2 Å². The lowest BCUT2D eigenvalue weighted by molar-refractivity contribution is 0.101. The molecule has 0 atom stereocenters. The first-order valence-corrected chi connectivity index (χ1v) is 7.90. The fourth-order valence-corrected chi connectivity index (χ4v) is 2.52. The second kappa shape index (κ2) is 7.51. The van der Waals surface area contributed by atoms with Crippen LogP contribution in [0.25, 0.3) is 0 Å². The van der Waals surface area contributed by atoms with E-state index < -0.39 is 0 Å². The molecule has 2 aromatic carbocycles. The van der Waals surface area contributed by atoms with Crippen LogP contribution in [0.2, 0.25) is 0 Å². The van der Waals surface area contributed by atoms with Crippen LogP contribution in [-0.2, 0) is 6.61 Å². The standard InChI is InChI=1S/C18H19BrO4/c1-11-7-14(12(2)20)9-17(18(11)19)23-10-13-5-6-15(21-3)16(8-13)22-4/h5-9H,10H2,1-4H3. The Labute approximate surface area is 144 Å². The Morgan fingerprint density at radius 2 is 1.74 bits per heavy atom. The number of carbonyl (C=O) groups is 1. The van der Waals surface area contributed by atoms with Crippen LogP contribution in [0.3, 0.4) is 0 Å². The van der Waals surface area contributed by atoms with Gasteiger partial charge in [0.1, 0.15) is 12.4 Å². The van der Waals surface area contributed by atoms with Crippen molar-refractivity contribution < 1.29 is 19.0 Å². The normalized spacial score (nSPS) is 10.3. The number of rotatable bonds is 6. The van der Waals surface area contributed by atoms with E-state index in [-0.39, 0.29) is 5.78 Å². The van der Waals surface area contributed by atoms with Gasteiger partial charge in [0.25, 0.3) is 0 Å². The minimum Gasteiger partial charge on any atom is -0.493 e. The largest absolute Gasteiger partial charge is 0.493 e. The first-order chi connectivity index (χ1) is 11.0. The van der Waals surface area contributed by atoms with Crippen molar-refractivity contribution in [1.82, 2.24) is 0 Å². The van der Waals surface area contributed by atoms with Crippen molar-refractivity contribution in [2.75, 3.05) is 14.2 Å². The number of benzene rings is 2. The van der Waals surface area contributed by atoms with Gasteiger partial charge in [-0.05, 0) is 65.2 Å². The third-order valence-corrected chi connectivity index (χ3v) is 4.49. The van der Waals surface area contributed by atoms with Gasteiger partial charge >= 0.3 is 0 Å². The quantitative estimate of drug-likeness (QED) is 0.691. The number of hydrogen-bond acceptors (Lipinski definition) is 4. The molecule has 122 valence electrons. The van der Waals surface area contributed by atoms with Gasteiger partial charge in [-0.15, -0.1) is 0 Å². The summed E-state index contributed by atoms with van der Waals surface area (Å²) in [6.07, 6.45) is 0. The molecule has 0 aromatic heterocycles. The fraction of sp³-hybridized carbons (Fsp3) is 0.278. The molecule has 5 heteroatoms. The highest BCUT2D eigenvalue weighted by Crippen LogP contribution is 2.32. The molecule has 0 heterocycles. The number of hydrogen-bond donors (Lipinski definition) is 0. The highest BCUT2D eigenvalue weighted by Gasteiger charge is 2.11. The summed E-state index contributed by atoms with van der Waals surface area (Å²) < 4.78 is 17.2. The molecule has 0 aliphatic heterocycles. The molecular formula is C18H19BrO4. The SMILES string of the molecule is COc1ccc(COc2cc(C(C)=O)cc(C)c2Br)cc1OC. The number of methoxy groups -OCH3 is 2. The summed E-state index contributed by atoms with van der Waals surface area (Å²) in [7, 11) is 3.19. The van der Waals surface area contributed by atoms with Crippen LogP contribution < -0.4 is 14.2 Å². The minimum atomic E-state index is 0.0107. The molecule has 0 saturated carbocycles. The Hall–Kier alpha value is -2.01. The van der Waals surface area contributed by atoms with E-state index in [2.05, 4.69) is 15.9 Å². The lowest BCUT2D eigenvalue weighted by Crippen LogP contribution is -2.01. The number of aryl methyl sites for hydroxylation is 1. The summed E-state index contributed by atoms with van der Waals surface area (Å²) in [4.78, 5) is 11.6. The van der Waals surface area contributed by atoms with E-state index in [1.165, 1.54) is 0 Å². The van der Waals surface area contributed by atoms with Crippen LogP contribution in [0, 0.1) is 6.92 Å². The van der Waals surface area contributed by atoms with E-state index in [9.17, 15) is 4.79 Å². The zero-order valence-corrected chi connectivity index (χ0v) is 15.2. The molecule has 23 heavy (non-hydrogen) atoms. The molecule has 0 aliphatic carbocycles. The maximum Gasteiger partial charge on any atom is 0.161 e. The highest BCUT2D eigenvalue weighted by atomic mass is 79.9. The Bertz CT molecular complexity index is 725. The average Bonchev–Trinajstić information content (AvgIpc) is 2.55. The molecule has 0 amide bonds. The van der Waals surface area contributed by atoms with Gasteiger partial charge in [0.05, 0.1) is 18.7 Å². The van der Waals surface area contributed by atoms with Crippen molar-refractivity contribution in [2.45, 2.75) is 20.5 Å². The summed E-state index contributed by atoms with van der Waals surface area (Å²) in [5, 5.41) is 0. The van der Waals surface area contributed by atoms with E-state index in [1.54, 1.807) is 27.2 Å². The van der Waals surface area contributed by atoms with Crippen LogP contribution in [0.1, 0.15) is 28.4 Å². The summed E-state index contributed by atoms with van der Waals surface area (Å²) in [5.74, 6) is 1.98. The fourth-order valence-electron chi connectivity index (χ4n) is 2.18. The zero-order chi connectivity index (χ0) is 17.0. The predicted octanol–water partition coefficient (Wildman–Crippen LogP) is 4.56. The smallest absolute Gasteiger partial charge is 0.161 e. The van der Waals surface area contributed by atoms with Crippen LogP contribution in [0.4, 0.5) is 0 Å². The Balaban J connectivity index is 2.22. The van der Waals surface area contributed by atoms with Crippen molar-refractivity contribution in [3.63, 3.8) is 0 Å². The summed E-state index contributed by atoms with van der Waals surface area (Å²) in [6.45, 7) is 3.83. The number of ether oxygens (including phenoxy) is 3. The maximum absolute atomic E-state index is 11.6. The molecule has 0 radical (unpaired) electrons. The van der Waals surface area contributed by atoms with E-state index in [1.807, 2.05) is 31.2 Å². The van der Waals surface area contributed by atoms with Gasteiger partial charge in [-0.3, -0.25) is 4.79 Å².